The van der Waals surface area contributed by atoms with Gasteiger partial charge in [0.25, 0.3) is 0 Å². The van der Waals surface area contributed by atoms with Crippen molar-refractivity contribution in [3.63, 3.8) is 0 Å². The molecule has 0 saturated carbocycles. The molecule has 0 amide bonds. The van der Waals surface area contributed by atoms with Gasteiger partial charge in [-0.05, 0) is 60.6 Å². The van der Waals surface area contributed by atoms with Crippen LogP contribution >= 0.6 is 0 Å². The van der Waals surface area contributed by atoms with Crippen molar-refractivity contribution in [3.8, 4) is 0 Å². The minimum atomic E-state index is -4.35. The molecular weight excluding hydrogens is 319 g/mol. The van der Waals surface area contributed by atoms with E-state index in [1.807, 2.05) is 0 Å². The number of hydrogen-bond acceptors (Lipinski definition) is 3. The van der Waals surface area contributed by atoms with Crippen LogP contribution in [0.3, 0.4) is 0 Å². The van der Waals surface area contributed by atoms with Crippen LogP contribution in [0.15, 0.2) is 29.2 Å². The van der Waals surface area contributed by atoms with Gasteiger partial charge in [-0.1, -0.05) is 46.8 Å². The van der Waals surface area contributed by atoms with Gasteiger partial charge in [0.15, 0.2) is 0 Å². The van der Waals surface area contributed by atoms with E-state index in [9.17, 15) is 13.0 Å². The molecule has 0 saturated heterocycles. The number of rotatable bonds is 8. The SMILES string of the molecule is CCC(c1ccc(S(=O)(=O)[O-])cc1)C(C)CC(C)CC(C)C.[Na+]. The minimum absolute atomic E-state index is 0. The van der Waals surface area contributed by atoms with Crippen molar-refractivity contribution in [2.45, 2.75) is 64.7 Å². The molecule has 0 radical (unpaired) electrons. The van der Waals surface area contributed by atoms with Crippen molar-refractivity contribution in [2.24, 2.45) is 17.8 Å². The van der Waals surface area contributed by atoms with Gasteiger partial charge in [0.05, 0.1) is 4.90 Å². The van der Waals surface area contributed by atoms with Gasteiger partial charge in [0, 0.05) is 0 Å². The molecule has 1 aromatic carbocycles. The molecule has 23 heavy (non-hydrogen) atoms. The first-order valence-corrected chi connectivity index (χ1v) is 9.61. The summed E-state index contributed by atoms with van der Waals surface area (Å²) < 4.78 is 33.0. The van der Waals surface area contributed by atoms with Crippen molar-refractivity contribution >= 4 is 10.1 Å². The zero-order valence-corrected chi connectivity index (χ0v) is 18.2. The number of hydrogen-bond donors (Lipinski definition) is 0. The third kappa shape index (κ3) is 7.70. The summed E-state index contributed by atoms with van der Waals surface area (Å²) in [5, 5.41) is 0. The average molecular weight is 348 g/mol. The number of benzene rings is 1. The van der Waals surface area contributed by atoms with Crippen LogP contribution in [0, 0.1) is 17.8 Å². The molecule has 0 aliphatic carbocycles. The zero-order valence-electron chi connectivity index (χ0n) is 15.4. The average Bonchev–Trinajstić information content (AvgIpc) is 2.37. The van der Waals surface area contributed by atoms with Crippen LogP contribution in [-0.2, 0) is 10.1 Å². The molecule has 3 nitrogen and oxygen atoms in total. The van der Waals surface area contributed by atoms with E-state index in [2.05, 4.69) is 34.6 Å². The predicted octanol–water partition coefficient (Wildman–Crippen LogP) is 1.80. The Bertz CT molecular complexity index is 552. The summed E-state index contributed by atoms with van der Waals surface area (Å²) in [6.07, 6.45) is 3.41. The van der Waals surface area contributed by atoms with Crippen LogP contribution in [0.4, 0.5) is 0 Å². The molecule has 0 bridgehead atoms. The molecule has 5 heteroatoms. The summed E-state index contributed by atoms with van der Waals surface area (Å²) in [7, 11) is -4.35. The first kappa shape index (κ1) is 23.1. The van der Waals surface area contributed by atoms with E-state index < -0.39 is 10.1 Å². The second kappa shape index (κ2) is 10.2. The Hall–Kier alpha value is 0.130. The predicted molar refractivity (Wildman–Crippen MR) is 89.8 cm³/mol. The van der Waals surface area contributed by atoms with E-state index in [0.717, 1.165) is 18.4 Å². The summed E-state index contributed by atoms with van der Waals surface area (Å²) >= 11 is 0. The quantitative estimate of drug-likeness (QED) is 0.532. The van der Waals surface area contributed by atoms with E-state index in [0.29, 0.717) is 23.7 Å². The first-order valence-electron chi connectivity index (χ1n) is 8.21. The Morgan fingerprint density at radius 2 is 1.52 bits per heavy atom. The summed E-state index contributed by atoms with van der Waals surface area (Å²) in [5.41, 5.74) is 1.12. The second-order valence-electron chi connectivity index (χ2n) is 6.99. The molecule has 0 aliphatic heterocycles. The third-order valence-electron chi connectivity index (χ3n) is 4.37. The second-order valence-corrected chi connectivity index (χ2v) is 8.37. The maximum atomic E-state index is 11.0. The molecule has 0 heterocycles. The summed E-state index contributed by atoms with van der Waals surface area (Å²) in [5.74, 6) is 2.33. The molecule has 3 unspecified atom stereocenters. The normalized spacial score (nSPS) is 15.8. The van der Waals surface area contributed by atoms with Gasteiger partial charge in [-0.3, -0.25) is 0 Å². The Morgan fingerprint density at radius 3 is 1.91 bits per heavy atom. The van der Waals surface area contributed by atoms with Gasteiger partial charge in [0.1, 0.15) is 10.1 Å². The van der Waals surface area contributed by atoms with Crippen LogP contribution < -0.4 is 29.6 Å². The maximum absolute atomic E-state index is 11.0. The van der Waals surface area contributed by atoms with Crippen molar-refractivity contribution < 1.29 is 42.5 Å². The van der Waals surface area contributed by atoms with Gasteiger partial charge in [0.2, 0.25) is 0 Å². The Balaban J connectivity index is 0.00000484. The molecule has 0 fully saturated rings. The molecule has 0 aliphatic rings. The molecule has 1 aromatic rings. The zero-order chi connectivity index (χ0) is 16.9. The standard InChI is InChI=1S/C18H30O3S.Na/c1-6-18(15(5)12-14(4)11-13(2)3)16-7-9-17(10-8-16)22(19,20)21;/h7-10,13-15,18H,6,11-12H2,1-5H3,(H,19,20,21);/q;+1/p-1. The molecule has 126 valence electrons. The Kier molecular flexibility index (Phi) is 10.3. The van der Waals surface area contributed by atoms with Crippen molar-refractivity contribution in [1.82, 2.24) is 0 Å². The fourth-order valence-electron chi connectivity index (χ4n) is 3.55. The van der Waals surface area contributed by atoms with E-state index in [4.69, 9.17) is 0 Å². The third-order valence-corrected chi connectivity index (χ3v) is 5.22. The molecule has 1 rings (SSSR count). The molecule has 0 N–H and O–H groups in total. The molecule has 0 aromatic heterocycles. The van der Waals surface area contributed by atoms with Gasteiger partial charge in [-0.25, -0.2) is 8.42 Å². The van der Waals surface area contributed by atoms with Crippen LogP contribution in [0.25, 0.3) is 0 Å². The molecule has 3 atom stereocenters. The van der Waals surface area contributed by atoms with Crippen LogP contribution in [0.1, 0.15) is 65.4 Å². The minimum Gasteiger partial charge on any atom is -0.744 e. The monoisotopic (exact) mass is 348 g/mol. The van der Waals surface area contributed by atoms with Crippen molar-refractivity contribution in [3.05, 3.63) is 29.8 Å². The topological polar surface area (TPSA) is 57.2 Å². The largest absolute Gasteiger partial charge is 1.00 e. The fourth-order valence-corrected chi connectivity index (χ4v) is 4.02. The van der Waals surface area contributed by atoms with E-state index in [1.54, 1.807) is 12.1 Å². The van der Waals surface area contributed by atoms with E-state index in [-0.39, 0.29) is 34.5 Å². The maximum Gasteiger partial charge on any atom is 1.00 e. The smallest absolute Gasteiger partial charge is 0.744 e. The molecular formula is C18H29NaO3S. The summed E-state index contributed by atoms with van der Waals surface area (Å²) in [6, 6.07) is 6.46. The Labute approximate surface area is 164 Å². The van der Waals surface area contributed by atoms with Crippen molar-refractivity contribution in [1.29, 1.82) is 0 Å². The molecule has 0 spiro atoms. The van der Waals surface area contributed by atoms with Gasteiger partial charge < -0.3 is 4.55 Å². The van der Waals surface area contributed by atoms with E-state index in [1.165, 1.54) is 18.6 Å². The van der Waals surface area contributed by atoms with Crippen LogP contribution in [0.5, 0.6) is 0 Å². The van der Waals surface area contributed by atoms with E-state index >= 15 is 0 Å². The Morgan fingerprint density at radius 1 is 1.00 bits per heavy atom. The summed E-state index contributed by atoms with van der Waals surface area (Å²) in [6.45, 7) is 11.2. The summed E-state index contributed by atoms with van der Waals surface area (Å²) in [4.78, 5) is -0.146. The van der Waals surface area contributed by atoms with Crippen LogP contribution in [0.2, 0.25) is 0 Å². The first-order chi connectivity index (χ1) is 10.1. The van der Waals surface area contributed by atoms with Gasteiger partial charge >= 0.3 is 29.6 Å². The van der Waals surface area contributed by atoms with Crippen molar-refractivity contribution in [2.75, 3.05) is 0 Å². The van der Waals surface area contributed by atoms with Gasteiger partial charge in [-0.15, -0.1) is 0 Å². The van der Waals surface area contributed by atoms with Gasteiger partial charge in [-0.2, -0.15) is 0 Å². The fraction of sp³-hybridized carbons (Fsp3) is 0.667. The van der Waals surface area contributed by atoms with Crippen LogP contribution in [-0.4, -0.2) is 13.0 Å².